The Kier molecular flexibility index (Phi) is 5.58. The third-order valence-corrected chi connectivity index (χ3v) is 2.96. The topological polar surface area (TPSA) is 44.5 Å². The van der Waals surface area contributed by atoms with E-state index in [9.17, 15) is 4.39 Å². The quantitative estimate of drug-likeness (QED) is 0.846. The molecule has 112 valence electrons. The van der Waals surface area contributed by atoms with Gasteiger partial charge in [0, 0.05) is 6.54 Å². The molecule has 4 heteroatoms. The van der Waals surface area contributed by atoms with Gasteiger partial charge in [0.05, 0.1) is 6.61 Å². The SMILES string of the molecule is CCCOc1ccccc1OCc1cc(F)cc(CN)c1. The van der Waals surface area contributed by atoms with Crippen LogP contribution in [0.1, 0.15) is 24.5 Å². The third kappa shape index (κ3) is 4.46. The van der Waals surface area contributed by atoms with Crippen molar-refractivity contribution in [3.05, 3.63) is 59.4 Å². The predicted molar refractivity (Wildman–Crippen MR) is 80.9 cm³/mol. The Hall–Kier alpha value is -2.07. The van der Waals surface area contributed by atoms with Crippen LogP contribution in [-0.2, 0) is 13.2 Å². The van der Waals surface area contributed by atoms with Crippen LogP contribution < -0.4 is 15.2 Å². The van der Waals surface area contributed by atoms with Gasteiger partial charge in [-0.05, 0) is 41.8 Å². The maximum atomic E-state index is 13.5. The van der Waals surface area contributed by atoms with Gasteiger partial charge < -0.3 is 15.2 Å². The molecule has 0 spiro atoms. The van der Waals surface area contributed by atoms with Crippen molar-refractivity contribution in [2.24, 2.45) is 5.73 Å². The van der Waals surface area contributed by atoms with Crippen LogP contribution in [-0.4, -0.2) is 6.61 Å². The molecule has 3 nitrogen and oxygen atoms in total. The van der Waals surface area contributed by atoms with Crippen LogP contribution in [0.2, 0.25) is 0 Å². The lowest BCUT2D eigenvalue weighted by Crippen LogP contribution is -2.03. The fourth-order valence-electron chi connectivity index (χ4n) is 1.98. The molecule has 0 aliphatic rings. The first-order valence-electron chi connectivity index (χ1n) is 7.06. The molecule has 2 aromatic rings. The molecule has 2 rings (SSSR count). The Balaban J connectivity index is 2.07. The van der Waals surface area contributed by atoms with E-state index in [1.165, 1.54) is 12.1 Å². The highest BCUT2D eigenvalue weighted by Gasteiger charge is 2.06. The first-order chi connectivity index (χ1) is 10.2. The smallest absolute Gasteiger partial charge is 0.161 e. The summed E-state index contributed by atoms with van der Waals surface area (Å²) in [5.74, 6) is 1.06. The van der Waals surface area contributed by atoms with Crippen molar-refractivity contribution in [2.45, 2.75) is 26.5 Å². The van der Waals surface area contributed by atoms with Crippen LogP contribution in [0.15, 0.2) is 42.5 Å². The van der Waals surface area contributed by atoms with Gasteiger partial charge in [0.25, 0.3) is 0 Å². The second-order valence-corrected chi connectivity index (χ2v) is 4.76. The van der Waals surface area contributed by atoms with E-state index in [4.69, 9.17) is 15.2 Å². The molecule has 0 bridgehead atoms. The first-order valence-corrected chi connectivity index (χ1v) is 7.06. The van der Waals surface area contributed by atoms with Crippen molar-refractivity contribution >= 4 is 0 Å². The summed E-state index contributed by atoms with van der Waals surface area (Å²) >= 11 is 0. The van der Waals surface area contributed by atoms with Gasteiger partial charge in [-0.15, -0.1) is 0 Å². The van der Waals surface area contributed by atoms with E-state index in [1.807, 2.05) is 37.3 Å². The van der Waals surface area contributed by atoms with Gasteiger partial charge in [-0.2, -0.15) is 0 Å². The van der Waals surface area contributed by atoms with Gasteiger partial charge in [-0.25, -0.2) is 4.39 Å². The molecule has 0 saturated carbocycles. The molecular weight excluding hydrogens is 269 g/mol. The molecule has 0 atom stereocenters. The standard InChI is InChI=1S/C17H20FNO2/c1-2-7-20-16-5-3-4-6-17(16)21-12-14-8-13(11-19)9-15(18)10-14/h3-6,8-10H,2,7,11-12,19H2,1H3. The van der Waals surface area contributed by atoms with E-state index < -0.39 is 0 Å². The monoisotopic (exact) mass is 289 g/mol. The molecule has 0 aliphatic carbocycles. The summed E-state index contributed by atoms with van der Waals surface area (Å²) in [6, 6.07) is 12.2. The highest BCUT2D eigenvalue weighted by atomic mass is 19.1. The first kappa shape index (κ1) is 15.3. The van der Waals surface area contributed by atoms with Gasteiger partial charge in [-0.1, -0.05) is 25.1 Å². The van der Waals surface area contributed by atoms with Gasteiger partial charge in [0.1, 0.15) is 12.4 Å². The van der Waals surface area contributed by atoms with E-state index >= 15 is 0 Å². The van der Waals surface area contributed by atoms with Gasteiger partial charge in [0.2, 0.25) is 0 Å². The number of para-hydroxylation sites is 2. The van der Waals surface area contributed by atoms with E-state index in [1.54, 1.807) is 0 Å². The number of ether oxygens (including phenoxy) is 2. The third-order valence-electron chi connectivity index (χ3n) is 2.96. The average molecular weight is 289 g/mol. The van der Waals surface area contributed by atoms with Crippen molar-refractivity contribution in [3.8, 4) is 11.5 Å². The molecule has 0 fully saturated rings. The van der Waals surface area contributed by atoms with Crippen LogP contribution in [0.25, 0.3) is 0 Å². The van der Waals surface area contributed by atoms with Crippen molar-refractivity contribution in [1.82, 2.24) is 0 Å². The normalized spacial score (nSPS) is 10.4. The summed E-state index contributed by atoms with van der Waals surface area (Å²) < 4.78 is 24.8. The average Bonchev–Trinajstić information content (AvgIpc) is 2.51. The zero-order chi connectivity index (χ0) is 15.1. The van der Waals surface area contributed by atoms with Crippen LogP contribution in [0.3, 0.4) is 0 Å². The second kappa shape index (κ2) is 7.64. The van der Waals surface area contributed by atoms with E-state index in [0.717, 1.165) is 17.5 Å². The molecule has 0 aliphatic heterocycles. The minimum absolute atomic E-state index is 0.275. The number of hydrogen-bond acceptors (Lipinski definition) is 3. The molecule has 0 heterocycles. The number of nitrogens with two attached hydrogens (primary N) is 1. The Morgan fingerprint density at radius 2 is 1.67 bits per heavy atom. The van der Waals surface area contributed by atoms with Crippen molar-refractivity contribution in [1.29, 1.82) is 0 Å². The van der Waals surface area contributed by atoms with Crippen molar-refractivity contribution in [2.75, 3.05) is 6.61 Å². The fourth-order valence-corrected chi connectivity index (χ4v) is 1.98. The van der Waals surface area contributed by atoms with E-state index in [-0.39, 0.29) is 12.4 Å². The molecular formula is C17H20FNO2. The van der Waals surface area contributed by atoms with Crippen LogP contribution in [0.4, 0.5) is 4.39 Å². The maximum absolute atomic E-state index is 13.5. The van der Waals surface area contributed by atoms with E-state index in [2.05, 4.69) is 0 Å². The number of halogens is 1. The second-order valence-electron chi connectivity index (χ2n) is 4.76. The highest BCUT2D eigenvalue weighted by Crippen LogP contribution is 2.27. The van der Waals surface area contributed by atoms with Crippen LogP contribution in [0.5, 0.6) is 11.5 Å². The fraction of sp³-hybridized carbons (Fsp3) is 0.294. The minimum Gasteiger partial charge on any atom is -0.490 e. The van der Waals surface area contributed by atoms with E-state index in [0.29, 0.717) is 24.7 Å². The summed E-state index contributed by atoms with van der Waals surface area (Å²) in [7, 11) is 0. The largest absolute Gasteiger partial charge is 0.490 e. The number of rotatable bonds is 7. The number of benzene rings is 2. The van der Waals surface area contributed by atoms with Crippen LogP contribution >= 0.6 is 0 Å². The van der Waals surface area contributed by atoms with Crippen molar-refractivity contribution < 1.29 is 13.9 Å². The lowest BCUT2D eigenvalue weighted by atomic mass is 10.1. The summed E-state index contributed by atoms with van der Waals surface area (Å²) in [6.07, 6.45) is 0.929. The molecule has 21 heavy (non-hydrogen) atoms. The maximum Gasteiger partial charge on any atom is 0.161 e. The Morgan fingerprint density at radius 3 is 2.33 bits per heavy atom. The molecule has 2 aromatic carbocycles. The predicted octanol–water partition coefficient (Wildman–Crippen LogP) is 3.65. The zero-order valence-corrected chi connectivity index (χ0v) is 12.1. The van der Waals surface area contributed by atoms with Gasteiger partial charge in [0.15, 0.2) is 11.5 Å². The molecule has 0 radical (unpaired) electrons. The summed E-state index contributed by atoms with van der Waals surface area (Å²) in [5, 5.41) is 0. The Bertz CT molecular complexity index is 587. The van der Waals surface area contributed by atoms with Crippen LogP contribution in [0, 0.1) is 5.82 Å². The van der Waals surface area contributed by atoms with Gasteiger partial charge in [-0.3, -0.25) is 0 Å². The summed E-state index contributed by atoms with van der Waals surface area (Å²) in [4.78, 5) is 0. The minimum atomic E-state index is -0.299. The number of hydrogen-bond donors (Lipinski definition) is 1. The molecule has 2 N–H and O–H groups in total. The Labute approximate surface area is 124 Å². The lowest BCUT2D eigenvalue weighted by Gasteiger charge is -2.12. The summed E-state index contributed by atoms with van der Waals surface area (Å²) in [5.41, 5.74) is 7.05. The zero-order valence-electron chi connectivity index (χ0n) is 12.1. The molecule has 0 saturated heterocycles. The molecule has 0 unspecified atom stereocenters. The molecule has 0 aromatic heterocycles. The Morgan fingerprint density at radius 1 is 1.00 bits per heavy atom. The lowest BCUT2D eigenvalue weighted by molar-refractivity contribution is 0.261. The highest BCUT2D eigenvalue weighted by molar-refractivity contribution is 5.39. The van der Waals surface area contributed by atoms with Crippen molar-refractivity contribution in [3.63, 3.8) is 0 Å². The summed E-state index contributed by atoms with van der Waals surface area (Å²) in [6.45, 7) is 3.26. The van der Waals surface area contributed by atoms with Gasteiger partial charge >= 0.3 is 0 Å². The molecule has 0 amide bonds.